The molecule has 1 atom stereocenters. The molecular weight excluding hydrogens is 262 g/mol. The molecule has 0 bridgehead atoms. The van der Waals surface area contributed by atoms with Gasteiger partial charge in [-0.1, -0.05) is 0 Å². The van der Waals surface area contributed by atoms with Gasteiger partial charge < -0.3 is 25.0 Å². The molecule has 2 N–H and O–H groups in total. The van der Waals surface area contributed by atoms with Gasteiger partial charge in [-0.15, -0.1) is 0 Å². The third-order valence-corrected chi connectivity index (χ3v) is 2.82. The lowest BCUT2D eigenvalue weighted by Crippen LogP contribution is -2.49. The number of amides is 2. The largest absolute Gasteiger partial charge is 0.394 e. The Morgan fingerprint density at radius 1 is 1.25 bits per heavy atom. The van der Waals surface area contributed by atoms with E-state index in [1.807, 2.05) is 19.0 Å². The molecule has 7 nitrogen and oxygen atoms in total. The van der Waals surface area contributed by atoms with E-state index in [2.05, 4.69) is 5.32 Å². The van der Waals surface area contributed by atoms with Crippen LogP contribution in [-0.2, 0) is 14.3 Å². The zero-order valence-electron chi connectivity index (χ0n) is 12.9. The number of aliphatic hydroxyl groups is 1. The number of hydrogen-bond acceptors (Lipinski definition) is 5. The van der Waals surface area contributed by atoms with E-state index in [-0.39, 0.29) is 25.0 Å². The van der Waals surface area contributed by atoms with E-state index in [1.54, 1.807) is 11.8 Å². The van der Waals surface area contributed by atoms with Gasteiger partial charge in [0.2, 0.25) is 11.8 Å². The van der Waals surface area contributed by atoms with Crippen LogP contribution in [0.2, 0.25) is 0 Å². The molecule has 0 aliphatic carbocycles. The van der Waals surface area contributed by atoms with Gasteiger partial charge in [-0.3, -0.25) is 9.59 Å². The number of carbonyl (C=O) groups is 2. The second-order valence-corrected chi connectivity index (χ2v) is 4.82. The summed E-state index contributed by atoms with van der Waals surface area (Å²) in [5, 5.41) is 11.3. The van der Waals surface area contributed by atoms with Crippen LogP contribution in [0.3, 0.4) is 0 Å². The normalized spacial score (nSPS) is 12.3. The molecule has 20 heavy (non-hydrogen) atoms. The van der Waals surface area contributed by atoms with Gasteiger partial charge in [-0.2, -0.15) is 0 Å². The van der Waals surface area contributed by atoms with E-state index < -0.39 is 6.04 Å². The highest BCUT2D eigenvalue weighted by molar-refractivity contribution is 5.86. The molecule has 2 amide bonds. The summed E-state index contributed by atoms with van der Waals surface area (Å²) >= 11 is 0. The van der Waals surface area contributed by atoms with Crippen LogP contribution < -0.4 is 5.32 Å². The van der Waals surface area contributed by atoms with Gasteiger partial charge in [0.25, 0.3) is 0 Å². The van der Waals surface area contributed by atoms with E-state index >= 15 is 0 Å². The first-order valence-electron chi connectivity index (χ1n) is 6.78. The predicted molar refractivity (Wildman–Crippen MR) is 76.3 cm³/mol. The van der Waals surface area contributed by atoms with Crippen LogP contribution in [0.4, 0.5) is 0 Å². The molecule has 7 heteroatoms. The second-order valence-electron chi connectivity index (χ2n) is 4.82. The maximum Gasteiger partial charge on any atom is 0.242 e. The van der Waals surface area contributed by atoms with Crippen LogP contribution in [0.1, 0.15) is 13.8 Å². The van der Waals surface area contributed by atoms with Gasteiger partial charge in [-0.25, -0.2) is 0 Å². The number of rotatable bonds is 10. The maximum atomic E-state index is 11.9. The highest BCUT2D eigenvalue weighted by Crippen LogP contribution is 2.00. The Morgan fingerprint density at radius 3 is 2.40 bits per heavy atom. The molecule has 0 unspecified atom stereocenters. The van der Waals surface area contributed by atoms with Crippen molar-refractivity contribution in [3.05, 3.63) is 0 Å². The Balaban J connectivity index is 4.17. The van der Waals surface area contributed by atoms with Gasteiger partial charge >= 0.3 is 0 Å². The Hall–Kier alpha value is -1.18. The molecule has 0 aromatic rings. The molecule has 0 heterocycles. The monoisotopic (exact) mass is 289 g/mol. The Bertz CT molecular complexity index is 297. The molecule has 0 spiro atoms. The van der Waals surface area contributed by atoms with Crippen molar-refractivity contribution >= 4 is 11.8 Å². The molecule has 0 aliphatic rings. The van der Waals surface area contributed by atoms with Crippen molar-refractivity contribution in [2.45, 2.75) is 19.9 Å². The van der Waals surface area contributed by atoms with E-state index in [1.165, 1.54) is 6.92 Å². The highest BCUT2D eigenvalue weighted by atomic mass is 16.5. The average Bonchev–Trinajstić information content (AvgIpc) is 2.37. The molecule has 0 fully saturated rings. The molecule has 0 radical (unpaired) electrons. The van der Waals surface area contributed by atoms with Gasteiger partial charge in [0, 0.05) is 26.6 Å². The standard InChI is InChI=1S/C13H27N3O4/c1-11(13(19)14-5-9-20-10-8-17)16(12(2)18)7-6-15(3)4/h11,17H,5-10H2,1-4H3,(H,14,19)/t11-/m0/s1. The molecule has 118 valence electrons. The lowest BCUT2D eigenvalue weighted by Gasteiger charge is -2.28. The van der Waals surface area contributed by atoms with Gasteiger partial charge in [0.15, 0.2) is 0 Å². The minimum absolute atomic E-state index is 0.0347. The minimum Gasteiger partial charge on any atom is -0.394 e. The van der Waals surface area contributed by atoms with Gasteiger partial charge in [0.05, 0.1) is 19.8 Å². The van der Waals surface area contributed by atoms with Crippen LogP contribution >= 0.6 is 0 Å². The summed E-state index contributed by atoms with van der Waals surface area (Å²) in [6.45, 7) is 5.32. The molecule has 0 aliphatic heterocycles. The minimum atomic E-state index is -0.509. The maximum absolute atomic E-state index is 11.9. The van der Waals surface area contributed by atoms with Gasteiger partial charge in [-0.05, 0) is 21.0 Å². The fraction of sp³-hybridized carbons (Fsp3) is 0.846. The number of nitrogens with one attached hydrogen (secondary N) is 1. The molecule has 0 aromatic heterocycles. The number of hydrogen-bond donors (Lipinski definition) is 2. The second kappa shape index (κ2) is 10.6. The summed E-state index contributed by atoms with van der Waals surface area (Å²) < 4.78 is 5.05. The quantitative estimate of drug-likeness (QED) is 0.499. The molecule has 0 saturated carbocycles. The first-order valence-corrected chi connectivity index (χ1v) is 6.78. The zero-order chi connectivity index (χ0) is 15.5. The summed E-state index contributed by atoms with van der Waals surface area (Å²) in [6.07, 6.45) is 0. The van der Waals surface area contributed by atoms with Crippen LogP contribution in [0.25, 0.3) is 0 Å². The van der Waals surface area contributed by atoms with Crippen molar-refractivity contribution in [1.82, 2.24) is 15.1 Å². The summed E-state index contributed by atoms with van der Waals surface area (Å²) in [5.41, 5.74) is 0. The van der Waals surface area contributed by atoms with Crippen molar-refractivity contribution in [3.63, 3.8) is 0 Å². The van der Waals surface area contributed by atoms with Crippen molar-refractivity contribution < 1.29 is 19.4 Å². The van der Waals surface area contributed by atoms with Crippen LogP contribution in [0, 0.1) is 0 Å². The third-order valence-electron chi connectivity index (χ3n) is 2.82. The summed E-state index contributed by atoms with van der Waals surface area (Å²) in [5.74, 6) is -0.322. The van der Waals surface area contributed by atoms with Crippen LogP contribution in [0.15, 0.2) is 0 Å². The lowest BCUT2D eigenvalue weighted by atomic mass is 10.2. The Labute approximate surface area is 120 Å². The van der Waals surface area contributed by atoms with E-state index in [0.29, 0.717) is 26.2 Å². The fourth-order valence-corrected chi connectivity index (χ4v) is 1.63. The van der Waals surface area contributed by atoms with E-state index in [4.69, 9.17) is 9.84 Å². The highest BCUT2D eigenvalue weighted by Gasteiger charge is 2.22. The van der Waals surface area contributed by atoms with Crippen molar-refractivity contribution in [1.29, 1.82) is 0 Å². The zero-order valence-corrected chi connectivity index (χ0v) is 12.9. The van der Waals surface area contributed by atoms with Gasteiger partial charge in [0.1, 0.15) is 6.04 Å². The van der Waals surface area contributed by atoms with Crippen LogP contribution in [0.5, 0.6) is 0 Å². The fourth-order valence-electron chi connectivity index (χ4n) is 1.63. The van der Waals surface area contributed by atoms with Crippen molar-refractivity contribution in [3.8, 4) is 0 Å². The molecule has 0 rings (SSSR count). The lowest BCUT2D eigenvalue weighted by molar-refractivity contribution is -0.138. The van der Waals surface area contributed by atoms with Crippen LogP contribution in [-0.4, -0.2) is 86.3 Å². The number of likely N-dealkylation sites (N-methyl/N-ethyl adjacent to an activating group) is 1. The SMILES string of the molecule is CC(=O)N(CCN(C)C)[C@@H](C)C(=O)NCCOCCO. The molecule has 0 saturated heterocycles. The smallest absolute Gasteiger partial charge is 0.242 e. The number of ether oxygens (including phenoxy) is 1. The van der Waals surface area contributed by atoms with E-state index in [0.717, 1.165) is 0 Å². The Kier molecular flexibility index (Phi) is 9.96. The first-order chi connectivity index (χ1) is 9.40. The number of nitrogens with zero attached hydrogens (tertiary/aromatic N) is 2. The van der Waals surface area contributed by atoms with Crippen molar-refractivity contribution in [2.75, 3.05) is 53.6 Å². The predicted octanol–water partition coefficient (Wildman–Crippen LogP) is -1.09. The average molecular weight is 289 g/mol. The molecule has 0 aromatic carbocycles. The summed E-state index contributed by atoms with van der Waals surface area (Å²) in [4.78, 5) is 27.0. The number of carbonyl (C=O) groups excluding carboxylic acids is 2. The van der Waals surface area contributed by atoms with E-state index in [9.17, 15) is 9.59 Å². The summed E-state index contributed by atoms with van der Waals surface area (Å²) in [7, 11) is 3.84. The number of aliphatic hydroxyl groups excluding tert-OH is 1. The Morgan fingerprint density at radius 2 is 1.90 bits per heavy atom. The topological polar surface area (TPSA) is 82.1 Å². The summed E-state index contributed by atoms with van der Waals surface area (Å²) in [6, 6.07) is -0.509. The third kappa shape index (κ3) is 8.08. The first kappa shape index (κ1) is 18.8. The van der Waals surface area contributed by atoms with Crippen molar-refractivity contribution in [2.24, 2.45) is 0 Å². The molecular formula is C13H27N3O4.